The van der Waals surface area contributed by atoms with Crippen molar-refractivity contribution in [3.63, 3.8) is 0 Å². The van der Waals surface area contributed by atoms with Crippen LogP contribution in [0.5, 0.6) is 0 Å². The Kier molecular flexibility index (Phi) is 4.19. The average Bonchev–Trinajstić information content (AvgIpc) is 2.26. The molecule has 0 unspecified atom stereocenters. The first-order chi connectivity index (χ1) is 7.83. The van der Waals surface area contributed by atoms with Crippen molar-refractivity contribution in [2.75, 3.05) is 12.9 Å². The fourth-order valence-corrected chi connectivity index (χ4v) is 1.73. The fourth-order valence-electron chi connectivity index (χ4n) is 1.31. The summed E-state index contributed by atoms with van der Waals surface area (Å²) >= 11 is 0. The summed E-state index contributed by atoms with van der Waals surface area (Å²) in [6, 6.07) is 3.23. The summed E-state index contributed by atoms with van der Waals surface area (Å²) in [5, 5.41) is 0. The van der Waals surface area contributed by atoms with Gasteiger partial charge in [0.1, 0.15) is 15.7 Å². The van der Waals surface area contributed by atoms with Crippen molar-refractivity contribution in [2.45, 2.75) is 13.5 Å². The van der Waals surface area contributed by atoms with Crippen molar-refractivity contribution in [3.05, 3.63) is 29.6 Å². The number of rotatable bonds is 4. The highest BCUT2D eigenvalue weighted by molar-refractivity contribution is 7.85. The maximum Gasteiger partial charge on any atom is 0.343 e. The van der Waals surface area contributed by atoms with Crippen molar-refractivity contribution in [3.8, 4) is 0 Å². The maximum atomic E-state index is 11.3. The zero-order chi connectivity index (χ0) is 13.1. The van der Waals surface area contributed by atoms with Crippen LogP contribution < -0.4 is 4.57 Å². The molecular weight excluding hydrogens is 246 g/mol. The van der Waals surface area contributed by atoms with E-state index in [1.165, 1.54) is 17.9 Å². The number of hydrogen-bond acceptors (Lipinski definition) is 5. The van der Waals surface area contributed by atoms with Crippen molar-refractivity contribution >= 4 is 16.1 Å². The molecule has 0 fully saturated rings. The Labute approximate surface area is 99.6 Å². The number of aromatic nitrogens is 1. The summed E-state index contributed by atoms with van der Waals surface area (Å²) in [6.45, 7) is 1.76. The number of methoxy groups -OCH3 is 1. The van der Waals surface area contributed by atoms with E-state index in [1.54, 1.807) is 19.1 Å². The number of ether oxygens (including phenoxy) is 1. The van der Waals surface area contributed by atoms with Gasteiger partial charge in [-0.1, -0.05) is 0 Å². The van der Waals surface area contributed by atoms with Gasteiger partial charge in [0.15, 0.2) is 18.4 Å². The number of esters is 1. The van der Waals surface area contributed by atoms with Gasteiger partial charge in [-0.3, -0.25) is 0 Å². The van der Waals surface area contributed by atoms with Gasteiger partial charge in [0.2, 0.25) is 0 Å². The molecule has 0 aliphatic carbocycles. The number of nitrogens with zero attached hydrogens (tertiary/aromatic N) is 1. The van der Waals surface area contributed by atoms with Crippen LogP contribution in [0, 0.1) is 6.92 Å². The van der Waals surface area contributed by atoms with Gasteiger partial charge in [0.05, 0.1) is 12.9 Å². The molecule has 0 spiro atoms. The van der Waals surface area contributed by atoms with E-state index >= 15 is 0 Å². The SMILES string of the molecule is COC(=O)c1ccc(C)[n+](CCS(=O)(=O)[O-])c1. The molecule has 0 aromatic carbocycles. The minimum Gasteiger partial charge on any atom is -0.748 e. The van der Waals surface area contributed by atoms with Crippen LogP contribution in [0.4, 0.5) is 0 Å². The number of hydrogen-bond donors (Lipinski definition) is 0. The lowest BCUT2D eigenvalue weighted by molar-refractivity contribution is -0.698. The lowest BCUT2D eigenvalue weighted by Crippen LogP contribution is -2.40. The monoisotopic (exact) mass is 259 g/mol. The van der Waals surface area contributed by atoms with Crippen molar-refractivity contribution in [1.29, 1.82) is 0 Å². The second-order valence-electron chi connectivity index (χ2n) is 3.51. The Balaban J connectivity index is 2.95. The molecule has 0 aliphatic heterocycles. The molecular formula is C10H13NO5S. The van der Waals surface area contributed by atoms with Crippen LogP contribution in [-0.2, 0) is 21.4 Å². The molecule has 1 aromatic rings. The highest BCUT2D eigenvalue weighted by Gasteiger charge is 2.14. The van der Waals surface area contributed by atoms with Gasteiger partial charge in [-0.15, -0.1) is 0 Å². The van der Waals surface area contributed by atoms with E-state index in [0.29, 0.717) is 5.56 Å². The lowest BCUT2D eigenvalue weighted by atomic mass is 10.2. The molecule has 0 saturated carbocycles. The van der Waals surface area contributed by atoms with Gasteiger partial charge in [0, 0.05) is 13.0 Å². The van der Waals surface area contributed by atoms with Crippen LogP contribution in [0.25, 0.3) is 0 Å². The van der Waals surface area contributed by atoms with E-state index in [4.69, 9.17) is 0 Å². The van der Waals surface area contributed by atoms with Crippen LogP contribution in [0.1, 0.15) is 16.1 Å². The maximum absolute atomic E-state index is 11.3. The Hall–Kier alpha value is -1.47. The largest absolute Gasteiger partial charge is 0.748 e. The quantitative estimate of drug-likeness (QED) is 0.417. The highest BCUT2D eigenvalue weighted by atomic mass is 32.2. The van der Waals surface area contributed by atoms with Gasteiger partial charge < -0.3 is 9.29 Å². The first-order valence-electron chi connectivity index (χ1n) is 4.85. The Morgan fingerprint density at radius 1 is 1.47 bits per heavy atom. The minimum atomic E-state index is -4.26. The van der Waals surface area contributed by atoms with Crippen LogP contribution in [0.15, 0.2) is 18.3 Å². The third-order valence-electron chi connectivity index (χ3n) is 2.26. The number of pyridine rings is 1. The van der Waals surface area contributed by atoms with Gasteiger partial charge in [0.25, 0.3) is 0 Å². The molecule has 0 amide bonds. The lowest BCUT2D eigenvalue weighted by Gasteiger charge is -2.06. The molecule has 1 rings (SSSR count). The molecule has 94 valence electrons. The van der Waals surface area contributed by atoms with E-state index in [0.717, 1.165) is 5.69 Å². The topological polar surface area (TPSA) is 87.4 Å². The van der Waals surface area contributed by atoms with Gasteiger partial charge in [-0.05, 0) is 6.07 Å². The molecule has 7 heteroatoms. The highest BCUT2D eigenvalue weighted by Crippen LogP contribution is 2.00. The normalized spacial score (nSPS) is 11.2. The summed E-state index contributed by atoms with van der Waals surface area (Å²) in [5.74, 6) is -1.02. The smallest absolute Gasteiger partial charge is 0.343 e. The van der Waals surface area contributed by atoms with Crippen LogP contribution >= 0.6 is 0 Å². The third kappa shape index (κ3) is 4.12. The molecule has 0 aliphatic rings. The van der Waals surface area contributed by atoms with Crippen molar-refractivity contribution < 1.29 is 27.1 Å². The molecule has 0 atom stereocenters. The summed E-state index contributed by atoms with van der Waals surface area (Å²) in [7, 11) is -3.01. The summed E-state index contributed by atoms with van der Waals surface area (Å²) in [5.41, 5.74) is 1.06. The average molecular weight is 259 g/mol. The second kappa shape index (κ2) is 5.24. The molecule has 0 saturated heterocycles. The van der Waals surface area contributed by atoms with E-state index in [2.05, 4.69) is 4.74 Å². The van der Waals surface area contributed by atoms with Gasteiger partial charge in [-0.25, -0.2) is 17.8 Å². The molecule has 1 aromatic heterocycles. The first kappa shape index (κ1) is 13.6. The number of aryl methyl sites for hydroxylation is 2. The van der Waals surface area contributed by atoms with E-state index in [1.807, 2.05) is 0 Å². The Morgan fingerprint density at radius 3 is 2.65 bits per heavy atom. The summed E-state index contributed by atoms with van der Waals surface area (Å²) < 4.78 is 37.7. The Bertz CT molecular complexity index is 523. The molecule has 0 radical (unpaired) electrons. The standard InChI is InChI=1S/C10H13NO5S/c1-8-3-4-9(10(12)16-2)7-11(8)5-6-17(13,14)15/h3-4,7H,5-6H2,1-2H3. The summed E-state index contributed by atoms with van der Waals surface area (Å²) in [4.78, 5) is 11.3. The molecule has 0 N–H and O–H groups in total. The van der Waals surface area contributed by atoms with Crippen LogP contribution in [0.2, 0.25) is 0 Å². The number of carbonyl (C=O) groups is 1. The summed E-state index contributed by atoms with van der Waals surface area (Å²) in [6.07, 6.45) is 1.46. The van der Waals surface area contributed by atoms with Gasteiger partial charge >= 0.3 is 5.97 Å². The number of carbonyl (C=O) groups excluding carboxylic acids is 1. The van der Waals surface area contributed by atoms with E-state index in [-0.39, 0.29) is 6.54 Å². The minimum absolute atomic E-state index is 0.0164. The fraction of sp³-hybridized carbons (Fsp3) is 0.400. The van der Waals surface area contributed by atoms with Gasteiger partial charge in [-0.2, -0.15) is 0 Å². The first-order valence-corrected chi connectivity index (χ1v) is 6.43. The third-order valence-corrected chi connectivity index (χ3v) is 2.94. The molecule has 0 bridgehead atoms. The molecule has 1 heterocycles. The van der Waals surface area contributed by atoms with Crippen LogP contribution in [-0.4, -0.2) is 31.8 Å². The van der Waals surface area contributed by atoms with E-state index < -0.39 is 21.8 Å². The molecule has 17 heavy (non-hydrogen) atoms. The molecule has 6 nitrogen and oxygen atoms in total. The second-order valence-corrected chi connectivity index (χ2v) is 5.03. The van der Waals surface area contributed by atoms with E-state index in [9.17, 15) is 17.8 Å². The van der Waals surface area contributed by atoms with Crippen molar-refractivity contribution in [1.82, 2.24) is 0 Å². The Morgan fingerprint density at radius 2 is 2.12 bits per heavy atom. The predicted octanol–water partition coefficient (Wildman–Crippen LogP) is -0.386. The predicted molar refractivity (Wildman–Crippen MR) is 57.3 cm³/mol. The zero-order valence-corrected chi connectivity index (χ0v) is 10.4. The zero-order valence-electron chi connectivity index (χ0n) is 9.54. The van der Waals surface area contributed by atoms with Crippen molar-refractivity contribution in [2.24, 2.45) is 0 Å². The van der Waals surface area contributed by atoms with Crippen LogP contribution in [0.3, 0.4) is 0 Å².